The Morgan fingerprint density at radius 1 is 1.37 bits per heavy atom. The molecule has 0 saturated heterocycles. The minimum atomic E-state index is 0.367. The second kappa shape index (κ2) is 5.68. The van der Waals surface area contributed by atoms with Crippen LogP contribution in [0.4, 0.5) is 0 Å². The van der Waals surface area contributed by atoms with Crippen LogP contribution >= 0.6 is 15.9 Å². The van der Waals surface area contributed by atoms with Gasteiger partial charge in [-0.05, 0) is 53.4 Å². The van der Waals surface area contributed by atoms with Crippen LogP contribution in [0.1, 0.15) is 44.4 Å². The summed E-state index contributed by atoms with van der Waals surface area (Å²) in [6.07, 6.45) is 5.35. The van der Waals surface area contributed by atoms with Gasteiger partial charge < -0.3 is 9.73 Å². The van der Waals surface area contributed by atoms with E-state index in [9.17, 15) is 0 Å². The molecule has 3 rings (SSSR count). The number of nitrogens with one attached hydrogen (secondary N) is 1. The molecule has 1 heterocycles. The number of furan rings is 1. The summed E-state index contributed by atoms with van der Waals surface area (Å²) in [6.45, 7) is 3.15. The molecule has 1 unspecified atom stereocenters. The quantitative estimate of drug-likeness (QED) is 0.853. The molecule has 1 aromatic heterocycles. The van der Waals surface area contributed by atoms with Gasteiger partial charge in [-0.1, -0.05) is 31.9 Å². The van der Waals surface area contributed by atoms with Gasteiger partial charge in [0.05, 0.1) is 10.5 Å². The van der Waals surface area contributed by atoms with Gasteiger partial charge in [-0.3, -0.25) is 0 Å². The molecule has 1 N–H and O–H groups in total. The van der Waals surface area contributed by atoms with Crippen molar-refractivity contribution in [3.05, 3.63) is 34.5 Å². The molecule has 0 bridgehead atoms. The molecule has 102 valence electrons. The van der Waals surface area contributed by atoms with Crippen LogP contribution in [0.5, 0.6) is 0 Å². The Labute approximate surface area is 122 Å². The van der Waals surface area contributed by atoms with Crippen LogP contribution in [0.2, 0.25) is 0 Å². The van der Waals surface area contributed by atoms with E-state index in [0.717, 1.165) is 28.3 Å². The van der Waals surface area contributed by atoms with Crippen LogP contribution in [0.3, 0.4) is 0 Å². The van der Waals surface area contributed by atoms with Crippen LogP contribution in [0.15, 0.2) is 33.2 Å². The zero-order valence-corrected chi connectivity index (χ0v) is 12.9. The van der Waals surface area contributed by atoms with Gasteiger partial charge in [-0.25, -0.2) is 0 Å². The highest BCUT2D eigenvalue weighted by Crippen LogP contribution is 2.38. The van der Waals surface area contributed by atoms with Gasteiger partial charge in [0.2, 0.25) is 0 Å². The van der Waals surface area contributed by atoms with Gasteiger partial charge in [-0.15, -0.1) is 0 Å². The number of para-hydroxylation sites is 1. The first-order valence-corrected chi connectivity index (χ1v) is 8.00. The molecule has 1 fully saturated rings. The summed E-state index contributed by atoms with van der Waals surface area (Å²) < 4.78 is 7.16. The third kappa shape index (κ3) is 2.59. The fraction of sp³-hybridized carbons (Fsp3) is 0.500. The van der Waals surface area contributed by atoms with E-state index < -0.39 is 0 Å². The van der Waals surface area contributed by atoms with Crippen molar-refractivity contribution >= 4 is 26.9 Å². The first-order chi connectivity index (χ1) is 9.29. The van der Waals surface area contributed by atoms with E-state index in [1.807, 2.05) is 6.07 Å². The minimum absolute atomic E-state index is 0.367. The van der Waals surface area contributed by atoms with E-state index in [1.165, 1.54) is 31.1 Å². The molecule has 0 spiro atoms. The molecule has 0 aliphatic heterocycles. The van der Waals surface area contributed by atoms with Crippen molar-refractivity contribution in [3.8, 4) is 0 Å². The Balaban J connectivity index is 1.97. The Morgan fingerprint density at radius 3 is 2.84 bits per heavy atom. The zero-order valence-electron chi connectivity index (χ0n) is 11.3. The van der Waals surface area contributed by atoms with Crippen LogP contribution < -0.4 is 5.32 Å². The van der Waals surface area contributed by atoms with Gasteiger partial charge in [-0.2, -0.15) is 0 Å². The van der Waals surface area contributed by atoms with Crippen LogP contribution in [0, 0.1) is 5.92 Å². The normalized spacial score (nSPS) is 18.2. The fourth-order valence-corrected chi connectivity index (χ4v) is 3.67. The summed E-state index contributed by atoms with van der Waals surface area (Å²) in [5.41, 5.74) is 0.971. The van der Waals surface area contributed by atoms with Crippen molar-refractivity contribution in [2.75, 3.05) is 6.54 Å². The smallest absolute Gasteiger partial charge is 0.148 e. The van der Waals surface area contributed by atoms with E-state index in [-0.39, 0.29) is 0 Å². The van der Waals surface area contributed by atoms with Gasteiger partial charge in [0.1, 0.15) is 11.3 Å². The molecule has 1 aromatic carbocycles. The minimum Gasteiger partial charge on any atom is -0.458 e. The van der Waals surface area contributed by atoms with E-state index >= 15 is 0 Å². The molecule has 1 atom stereocenters. The monoisotopic (exact) mass is 321 g/mol. The lowest BCUT2D eigenvalue weighted by atomic mass is 9.96. The molecule has 2 nitrogen and oxygen atoms in total. The van der Waals surface area contributed by atoms with Crippen molar-refractivity contribution < 1.29 is 4.42 Å². The maximum atomic E-state index is 6.12. The highest BCUT2D eigenvalue weighted by molar-refractivity contribution is 9.10. The molecule has 1 aliphatic rings. The number of fused-ring (bicyclic) bond motifs is 1. The third-order valence-corrected chi connectivity index (χ3v) is 4.74. The van der Waals surface area contributed by atoms with Crippen molar-refractivity contribution in [2.24, 2.45) is 5.92 Å². The Hall–Kier alpha value is -0.800. The fourth-order valence-electron chi connectivity index (χ4n) is 3.21. The average Bonchev–Trinajstić information content (AvgIpc) is 3.05. The molecule has 1 saturated carbocycles. The van der Waals surface area contributed by atoms with Crippen molar-refractivity contribution in [1.29, 1.82) is 0 Å². The largest absolute Gasteiger partial charge is 0.458 e. The SMILES string of the molecule is CCNC(c1cc2cccc(Br)c2o1)C1CCCC1. The molecule has 1 aliphatic carbocycles. The van der Waals surface area contributed by atoms with Gasteiger partial charge in [0.15, 0.2) is 0 Å². The van der Waals surface area contributed by atoms with Gasteiger partial charge in [0.25, 0.3) is 0 Å². The van der Waals surface area contributed by atoms with Gasteiger partial charge >= 0.3 is 0 Å². The lowest BCUT2D eigenvalue weighted by Gasteiger charge is -2.22. The molecular formula is C16H20BrNO. The molecule has 19 heavy (non-hydrogen) atoms. The lowest BCUT2D eigenvalue weighted by Crippen LogP contribution is -2.26. The first-order valence-electron chi connectivity index (χ1n) is 7.21. The van der Waals surface area contributed by atoms with Crippen LogP contribution in [-0.2, 0) is 0 Å². The van der Waals surface area contributed by atoms with E-state index in [1.54, 1.807) is 0 Å². The first kappa shape index (κ1) is 13.2. The highest BCUT2D eigenvalue weighted by Gasteiger charge is 2.28. The summed E-state index contributed by atoms with van der Waals surface area (Å²) in [6, 6.07) is 8.78. The van der Waals surface area contributed by atoms with Crippen molar-refractivity contribution in [1.82, 2.24) is 5.32 Å². The average molecular weight is 322 g/mol. The maximum Gasteiger partial charge on any atom is 0.148 e. The van der Waals surface area contributed by atoms with Crippen molar-refractivity contribution in [2.45, 2.75) is 38.6 Å². The maximum absolute atomic E-state index is 6.12. The van der Waals surface area contributed by atoms with Crippen LogP contribution in [0.25, 0.3) is 11.0 Å². The molecule has 2 aromatic rings. The Morgan fingerprint density at radius 2 is 2.16 bits per heavy atom. The Bertz CT molecular complexity index is 557. The highest BCUT2D eigenvalue weighted by atomic mass is 79.9. The summed E-state index contributed by atoms with van der Waals surface area (Å²) in [7, 11) is 0. The number of halogens is 1. The summed E-state index contributed by atoms with van der Waals surface area (Å²) in [5, 5.41) is 4.80. The summed E-state index contributed by atoms with van der Waals surface area (Å²) >= 11 is 3.57. The summed E-state index contributed by atoms with van der Waals surface area (Å²) in [5.74, 6) is 1.81. The third-order valence-electron chi connectivity index (χ3n) is 4.12. The van der Waals surface area contributed by atoms with E-state index in [0.29, 0.717) is 6.04 Å². The second-order valence-corrected chi connectivity index (χ2v) is 6.24. The van der Waals surface area contributed by atoms with Crippen molar-refractivity contribution in [3.63, 3.8) is 0 Å². The Kier molecular flexibility index (Phi) is 3.94. The van der Waals surface area contributed by atoms with E-state index in [2.05, 4.69) is 46.4 Å². The van der Waals surface area contributed by atoms with E-state index in [4.69, 9.17) is 4.42 Å². The van der Waals surface area contributed by atoms with Gasteiger partial charge in [0, 0.05) is 5.39 Å². The zero-order chi connectivity index (χ0) is 13.2. The standard InChI is InChI=1S/C16H20BrNO/c1-2-18-15(11-6-3-4-7-11)14-10-12-8-5-9-13(17)16(12)19-14/h5,8-11,15,18H,2-4,6-7H2,1H3. The number of hydrogen-bond donors (Lipinski definition) is 1. The number of hydrogen-bond acceptors (Lipinski definition) is 2. The molecular weight excluding hydrogens is 302 g/mol. The number of rotatable bonds is 4. The molecule has 0 amide bonds. The van der Waals surface area contributed by atoms with Crippen LogP contribution in [-0.4, -0.2) is 6.54 Å². The predicted octanol–water partition coefficient (Wildman–Crippen LogP) is 5.04. The molecule has 0 radical (unpaired) electrons. The topological polar surface area (TPSA) is 25.2 Å². The second-order valence-electron chi connectivity index (χ2n) is 5.39. The lowest BCUT2D eigenvalue weighted by molar-refractivity contribution is 0.324. The predicted molar refractivity (Wildman–Crippen MR) is 82.3 cm³/mol. The molecule has 3 heteroatoms. The summed E-state index contributed by atoms with van der Waals surface area (Å²) in [4.78, 5) is 0. The number of benzene rings is 1.